The van der Waals surface area contributed by atoms with E-state index in [0.717, 1.165) is 41.1 Å². The summed E-state index contributed by atoms with van der Waals surface area (Å²) in [5.74, 6) is 0.745. The Kier molecular flexibility index (Phi) is 9.79. The Morgan fingerprint density at radius 2 is 1.66 bits per heavy atom. The molecule has 4 aromatic rings. The molecule has 0 bridgehead atoms. The van der Waals surface area contributed by atoms with E-state index in [1.807, 2.05) is 66.7 Å². The van der Waals surface area contributed by atoms with Crippen LogP contribution in [-0.2, 0) is 22.6 Å². The van der Waals surface area contributed by atoms with Crippen molar-refractivity contribution in [3.05, 3.63) is 102 Å². The normalized spacial score (nSPS) is 13.2. The van der Waals surface area contributed by atoms with Crippen LogP contribution in [0.2, 0.25) is 0 Å². The van der Waals surface area contributed by atoms with Gasteiger partial charge in [-0.05, 0) is 79.7 Å². The third-order valence-electron chi connectivity index (χ3n) is 7.15. The minimum absolute atomic E-state index is 0.220. The van der Waals surface area contributed by atoms with E-state index in [1.54, 1.807) is 18.2 Å². The van der Waals surface area contributed by atoms with Crippen molar-refractivity contribution in [1.82, 2.24) is 15.1 Å². The quantitative estimate of drug-likeness (QED) is 0.159. The SMILES string of the molecule is O=C(CCc1ccc(-c2cc(NC(=O)c3ccc(OCCCN4CCCC4)cc3)n[nH]2)cc1)OCc1ccccc1. The molecule has 2 N–H and O–H groups in total. The minimum atomic E-state index is -0.238. The van der Waals surface area contributed by atoms with Gasteiger partial charge >= 0.3 is 5.97 Å². The molecule has 5 rings (SSSR count). The molecule has 1 saturated heterocycles. The van der Waals surface area contributed by atoms with Gasteiger partial charge in [-0.25, -0.2) is 0 Å². The fourth-order valence-electron chi connectivity index (χ4n) is 4.82. The summed E-state index contributed by atoms with van der Waals surface area (Å²) in [5.41, 5.74) is 4.26. The second kappa shape index (κ2) is 14.3. The third-order valence-corrected chi connectivity index (χ3v) is 7.15. The monoisotopic (exact) mass is 552 g/mol. The highest BCUT2D eigenvalue weighted by Gasteiger charge is 2.12. The van der Waals surface area contributed by atoms with Gasteiger partial charge in [0.15, 0.2) is 5.82 Å². The van der Waals surface area contributed by atoms with E-state index >= 15 is 0 Å². The van der Waals surface area contributed by atoms with Gasteiger partial charge in [0.05, 0.1) is 12.3 Å². The zero-order chi connectivity index (χ0) is 28.3. The van der Waals surface area contributed by atoms with Crippen LogP contribution in [0.3, 0.4) is 0 Å². The maximum atomic E-state index is 12.7. The van der Waals surface area contributed by atoms with E-state index in [9.17, 15) is 9.59 Å². The number of esters is 1. The number of aromatic amines is 1. The zero-order valence-electron chi connectivity index (χ0n) is 23.2. The molecule has 1 fully saturated rings. The largest absolute Gasteiger partial charge is 0.494 e. The van der Waals surface area contributed by atoms with E-state index in [1.165, 1.54) is 25.9 Å². The summed E-state index contributed by atoms with van der Waals surface area (Å²) >= 11 is 0. The smallest absolute Gasteiger partial charge is 0.306 e. The zero-order valence-corrected chi connectivity index (χ0v) is 23.2. The van der Waals surface area contributed by atoms with Crippen molar-refractivity contribution in [2.24, 2.45) is 0 Å². The van der Waals surface area contributed by atoms with Gasteiger partial charge in [-0.2, -0.15) is 5.10 Å². The van der Waals surface area contributed by atoms with Gasteiger partial charge in [0.1, 0.15) is 12.4 Å². The first-order valence-electron chi connectivity index (χ1n) is 14.2. The molecule has 8 nitrogen and oxygen atoms in total. The fraction of sp³-hybridized carbons (Fsp3) is 0.303. The molecule has 0 aliphatic carbocycles. The molecule has 2 heterocycles. The van der Waals surface area contributed by atoms with Crippen molar-refractivity contribution in [3.8, 4) is 17.0 Å². The highest BCUT2D eigenvalue weighted by molar-refractivity contribution is 6.04. The first-order chi connectivity index (χ1) is 20.1. The van der Waals surface area contributed by atoms with Gasteiger partial charge in [-0.3, -0.25) is 14.7 Å². The number of anilines is 1. The lowest BCUT2D eigenvalue weighted by atomic mass is 10.1. The summed E-state index contributed by atoms with van der Waals surface area (Å²) in [6.07, 6.45) is 4.51. The summed E-state index contributed by atoms with van der Waals surface area (Å²) in [6.45, 7) is 4.42. The average Bonchev–Trinajstić information content (AvgIpc) is 3.71. The van der Waals surface area contributed by atoms with E-state index in [2.05, 4.69) is 20.4 Å². The van der Waals surface area contributed by atoms with Crippen LogP contribution < -0.4 is 10.1 Å². The number of hydrogen-bond acceptors (Lipinski definition) is 6. The Morgan fingerprint density at radius 3 is 2.41 bits per heavy atom. The van der Waals surface area contributed by atoms with Crippen molar-refractivity contribution in [3.63, 3.8) is 0 Å². The van der Waals surface area contributed by atoms with Crippen LogP contribution in [0.25, 0.3) is 11.3 Å². The second-order valence-corrected chi connectivity index (χ2v) is 10.2. The van der Waals surface area contributed by atoms with Crippen molar-refractivity contribution < 1.29 is 19.1 Å². The van der Waals surface area contributed by atoms with Crippen LogP contribution in [-0.4, -0.2) is 53.2 Å². The molecule has 212 valence electrons. The molecule has 3 aromatic carbocycles. The number of ether oxygens (including phenoxy) is 2. The highest BCUT2D eigenvalue weighted by Crippen LogP contribution is 2.22. The molecule has 8 heteroatoms. The standard InChI is InChI=1S/C33H36N4O4/c38-32(41-24-26-7-2-1-3-8-26)18-11-25-9-12-27(13-10-25)30-23-31(36-35-30)34-33(39)28-14-16-29(17-15-28)40-22-6-21-37-19-4-5-20-37/h1-3,7-10,12-17,23H,4-6,11,18-22,24H2,(H2,34,35,36,39). The summed E-state index contributed by atoms with van der Waals surface area (Å²) in [6, 6.07) is 26.5. The van der Waals surface area contributed by atoms with Crippen LogP contribution >= 0.6 is 0 Å². The number of aryl methyl sites for hydroxylation is 1. The van der Waals surface area contributed by atoms with Crippen LogP contribution in [0.4, 0.5) is 5.82 Å². The Bertz CT molecular complexity index is 1400. The molecule has 0 atom stereocenters. The topological polar surface area (TPSA) is 96.5 Å². The molecular formula is C33H36N4O4. The second-order valence-electron chi connectivity index (χ2n) is 10.2. The number of likely N-dealkylation sites (tertiary alicyclic amines) is 1. The molecule has 0 radical (unpaired) electrons. The first-order valence-corrected chi connectivity index (χ1v) is 14.2. The average molecular weight is 553 g/mol. The van der Waals surface area contributed by atoms with Gasteiger partial charge in [0.25, 0.3) is 5.91 Å². The van der Waals surface area contributed by atoms with Gasteiger partial charge in [-0.15, -0.1) is 0 Å². The molecule has 0 spiro atoms. The molecule has 1 aromatic heterocycles. The molecular weight excluding hydrogens is 516 g/mol. The van der Waals surface area contributed by atoms with Gasteiger partial charge in [0, 0.05) is 24.6 Å². The van der Waals surface area contributed by atoms with Crippen molar-refractivity contribution in [1.29, 1.82) is 0 Å². The predicted molar refractivity (Wildman–Crippen MR) is 159 cm³/mol. The Labute approximate surface area is 240 Å². The predicted octanol–water partition coefficient (Wildman–Crippen LogP) is 5.87. The summed E-state index contributed by atoms with van der Waals surface area (Å²) in [4.78, 5) is 27.3. The van der Waals surface area contributed by atoms with E-state index in [0.29, 0.717) is 30.8 Å². The number of nitrogens with zero attached hydrogens (tertiary/aromatic N) is 2. The Hall–Kier alpha value is -4.43. The Balaban J connectivity index is 1.05. The summed E-state index contributed by atoms with van der Waals surface area (Å²) in [7, 11) is 0. The Morgan fingerprint density at radius 1 is 0.902 bits per heavy atom. The van der Waals surface area contributed by atoms with E-state index in [-0.39, 0.29) is 18.5 Å². The maximum absolute atomic E-state index is 12.7. The number of carbonyl (C=O) groups excluding carboxylic acids is 2. The molecule has 41 heavy (non-hydrogen) atoms. The number of hydrogen-bond donors (Lipinski definition) is 2. The van der Waals surface area contributed by atoms with E-state index in [4.69, 9.17) is 9.47 Å². The number of nitrogens with one attached hydrogen (secondary N) is 2. The van der Waals surface area contributed by atoms with Crippen LogP contribution in [0.5, 0.6) is 5.75 Å². The van der Waals surface area contributed by atoms with Gasteiger partial charge < -0.3 is 19.7 Å². The van der Waals surface area contributed by atoms with Crippen LogP contribution in [0.15, 0.2) is 84.9 Å². The molecule has 1 aliphatic heterocycles. The minimum Gasteiger partial charge on any atom is -0.494 e. The molecule has 1 aliphatic rings. The first kappa shape index (κ1) is 28.1. The summed E-state index contributed by atoms with van der Waals surface area (Å²) < 4.78 is 11.2. The van der Waals surface area contributed by atoms with Crippen LogP contribution in [0.1, 0.15) is 47.2 Å². The lowest BCUT2D eigenvalue weighted by molar-refractivity contribution is -0.144. The van der Waals surface area contributed by atoms with Crippen molar-refractivity contribution >= 4 is 17.7 Å². The number of aromatic nitrogens is 2. The van der Waals surface area contributed by atoms with E-state index < -0.39 is 0 Å². The van der Waals surface area contributed by atoms with Gasteiger partial charge in [-0.1, -0.05) is 54.6 Å². The number of amides is 1. The lowest BCUT2D eigenvalue weighted by Gasteiger charge is -2.14. The molecule has 0 saturated carbocycles. The van der Waals surface area contributed by atoms with Crippen molar-refractivity contribution in [2.45, 2.75) is 38.7 Å². The fourth-order valence-corrected chi connectivity index (χ4v) is 4.82. The number of rotatable bonds is 13. The van der Waals surface area contributed by atoms with Gasteiger partial charge in [0.2, 0.25) is 0 Å². The lowest BCUT2D eigenvalue weighted by Crippen LogP contribution is -2.21. The number of H-pyrrole nitrogens is 1. The summed E-state index contributed by atoms with van der Waals surface area (Å²) in [5, 5.41) is 10.1. The third kappa shape index (κ3) is 8.53. The highest BCUT2D eigenvalue weighted by atomic mass is 16.5. The molecule has 0 unspecified atom stereocenters. The van der Waals surface area contributed by atoms with Crippen molar-refractivity contribution in [2.75, 3.05) is 31.6 Å². The number of benzene rings is 3. The number of carbonyl (C=O) groups is 2. The maximum Gasteiger partial charge on any atom is 0.306 e. The van der Waals surface area contributed by atoms with Crippen LogP contribution in [0, 0.1) is 0 Å². The molecule has 1 amide bonds.